The molecule has 1 aromatic rings. The van der Waals surface area contributed by atoms with Crippen LogP contribution in [0.2, 0.25) is 0 Å². The number of sulfone groups is 1. The zero-order valence-electron chi connectivity index (χ0n) is 9.19. The molecule has 1 aromatic carbocycles. The van der Waals surface area contributed by atoms with Crippen molar-refractivity contribution < 1.29 is 12.8 Å². The summed E-state index contributed by atoms with van der Waals surface area (Å²) in [6, 6.07) is 5.44. The Balaban J connectivity index is 3.15. The van der Waals surface area contributed by atoms with Crippen molar-refractivity contribution >= 4 is 9.84 Å². The minimum absolute atomic E-state index is 0.227. The molecular weight excluding hydrogens is 229 g/mol. The van der Waals surface area contributed by atoms with E-state index in [1.807, 2.05) is 0 Å². The molecule has 16 heavy (non-hydrogen) atoms. The van der Waals surface area contributed by atoms with Gasteiger partial charge in [-0.2, -0.15) is 0 Å². The second-order valence-electron chi connectivity index (χ2n) is 3.58. The van der Waals surface area contributed by atoms with E-state index in [-0.39, 0.29) is 11.4 Å². The molecule has 0 aliphatic rings. The van der Waals surface area contributed by atoms with E-state index >= 15 is 0 Å². The smallest absolute Gasteiger partial charge is 0.184 e. The van der Waals surface area contributed by atoms with Gasteiger partial charge in [0.05, 0.1) is 5.25 Å². The highest BCUT2D eigenvalue weighted by molar-refractivity contribution is 7.92. The average Bonchev–Trinajstić information content (AvgIpc) is 2.26. The van der Waals surface area contributed by atoms with Crippen LogP contribution >= 0.6 is 0 Å². The molecule has 1 unspecified atom stereocenters. The van der Waals surface area contributed by atoms with Crippen LogP contribution in [0.3, 0.4) is 0 Å². The van der Waals surface area contributed by atoms with Crippen LogP contribution in [0.1, 0.15) is 19.8 Å². The maximum Gasteiger partial charge on any atom is 0.184 e. The van der Waals surface area contributed by atoms with Crippen molar-refractivity contribution in [1.82, 2.24) is 0 Å². The highest BCUT2D eigenvalue weighted by atomic mass is 32.2. The predicted octanol–water partition coefficient (Wildman–Crippen LogP) is 1.73. The monoisotopic (exact) mass is 245 g/mol. The zero-order valence-corrected chi connectivity index (χ0v) is 10.0. The van der Waals surface area contributed by atoms with Crippen molar-refractivity contribution in [1.29, 1.82) is 0 Å². The summed E-state index contributed by atoms with van der Waals surface area (Å²) in [5, 5.41) is -0.602. The van der Waals surface area contributed by atoms with Crippen LogP contribution in [0.5, 0.6) is 0 Å². The molecule has 2 N–H and O–H groups in total. The summed E-state index contributed by atoms with van der Waals surface area (Å²) in [5.41, 5.74) is 5.36. The summed E-state index contributed by atoms with van der Waals surface area (Å²) >= 11 is 0. The number of halogens is 1. The Morgan fingerprint density at radius 3 is 2.50 bits per heavy atom. The van der Waals surface area contributed by atoms with Crippen LogP contribution in [-0.2, 0) is 9.84 Å². The molecule has 0 aromatic heterocycles. The van der Waals surface area contributed by atoms with Gasteiger partial charge in [0.2, 0.25) is 0 Å². The first-order chi connectivity index (χ1) is 7.54. The quantitative estimate of drug-likeness (QED) is 0.859. The van der Waals surface area contributed by atoms with Gasteiger partial charge in [0.25, 0.3) is 0 Å². The van der Waals surface area contributed by atoms with Crippen LogP contribution in [0.25, 0.3) is 0 Å². The Kier molecular flexibility index (Phi) is 4.44. The second-order valence-corrected chi connectivity index (χ2v) is 5.78. The van der Waals surface area contributed by atoms with E-state index in [0.717, 1.165) is 6.07 Å². The lowest BCUT2D eigenvalue weighted by Gasteiger charge is -2.15. The first-order valence-corrected chi connectivity index (χ1v) is 6.77. The van der Waals surface area contributed by atoms with Gasteiger partial charge in [0.15, 0.2) is 9.84 Å². The van der Waals surface area contributed by atoms with Gasteiger partial charge in [-0.25, -0.2) is 12.8 Å². The first-order valence-electron chi connectivity index (χ1n) is 5.22. The molecule has 5 heteroatoms. The first kappa shape index (κ1) is 13.1. The fraction of sp³-hybridized carbons (Fsp3) is 0.455. The van der Waals surface area contributed by atoms with Gasteiger partial charge in [-0.15, -0.1) is 0 Å². The largest absolute Gasteiger partial charge is 0.330 e. The highest BCUT2D eigenvalue weighted by Gasteiger charge is 2.27. The fourth-order valence-corrected chi connectivity index (χ4v) is 3.47. The molecule has 0 bridgehead atoms. The summed E-state index contributed by atoms with van der Waals surface area (Å²) in [4.78, 5) is -0.227. The third-order valence-electron chi connectivity index (χ3n) is 2.53. The number of nitrogens with two attached hydrogens (primary N) is 1. The van der Waals surface area contributed by atoms with Gasteiger partial charge in [-0.3, -0.25) is 0 Å². The van der Waals surface area contributed by atoms with Crippen molar-refractivity contribution in [2.75, 3.05) is 6.54 Å². The van der Waals surface area contributed by atoms with Crippen molar-refractivity contribution in [3.05, 3.63) is 30.1 Å². The topological polar surface area (TPSA) is 60.2 Å². The van der Waals surface area contributed by atoms with E-state index in [1.165, 1.54) is 18.2 Å². The van der Waals surface area contributed by atoms with E-state index in [0.29, 0.717) is 12.8 Å². The van der Waals surface area contributed by atoms with Crippen LogP contribution in [0.4, 0.5) is 4.39 Å². The minimum atomic E-state index is -3.60. The molecule has 0 radical (unpaired) electrons. The van der Waals surface area contributed by atoms with E-state index in [1.54, 1.807) is 6.92 Å². The Labute approximate surface area is 95.4 Å². The standard InChI is InChI=1S/C11H16FNO2S/c1-2-9(7-8-13)16(14,15)11-6-4-3-5-10(11)12/h3-6,9H,2,7-8,13H2,1H3. The summed E-state index contributed by atoms with van der Waals surface area (Å²) in [6.45, 7) is 2.05. The van der Waals surface area contributed by atoms with Gasteiger partial charge in [0, 0.05) is 0 Å². The summed E-state index contributed by atoms with van der Waals surface area (Å²) in [6.07, 6.45) is 0.793. The van der Waals surface area contributed by atoms with Crippen LogP contribution in [0, 0.1) is 5.82 Å². The van der Waals surface area contributed by atoms with Crippen molar-refractivity contribution in [2.24, 2.45) is 5.73 Å². The van der Waals surface area contributed by atoms with Gasteiger partial charge in [-0.05, 0) is 31.5 Å². The van der Waals surface area contributed by atoms with Gasteiger partial charge in [0.1, 0.15) is 10.7 Å². The molecule has 0 saturated heterocycles. The lowest BCUT2D eigenvalue weighted by Crippen LogP contribution is -2.24. The Hall–Kier alpha value is -0.940. The Bertz CT molecular complexity index is 445. The van der Waals surface area contributed by atoms with Crippen LogP contribution < -0.4 is 5.73 Å². The maximum atomic E-state index is 13.4. The number of hydrogen-bond acceptors (Lipinski definition) is 3. The second kappa shape index (κ2) is 5.41. The molecule has 1 atom stereocenters. The maximum absolute atomic E-state index is 13.4. The minimum Gasteiger partial charge on any atom is -0.330 e. The Morgan fingerprint density at radius 2 is 2.00 bits per heavy atom. The van der Waals surface area contributed by atoms with Crippen LogP contribution in [-0.4, -0.2) is 20.2 Å². The molecule has 0 amide bonds. The third kappa shape index (κ3) is 2.59. The van der Waals surface area contributed by atoms with Crippen LogP contribution in [0.15, 0.2) is 29.2 Å². The predicted molar refractivity (Wildman–Crippen MR) is 61.3 cm³/mol. The van der Waals surface area contributed by atoms with Gasteiger partial charge < -0.3 is 5.73 Å². The molecular formula is C11H16FNO2S. The zero-order chi connectivity index (χ0) is 12.2. The van der Waals surface area contributed by atoms with E-state index in [4.69, 9.17) is 5.73 Å². The average molecular weight is 245 g/mol. The van der Waals surface area contributed by atoms with Crippen molar-refractivity contribution in [3.63, 3.8) is 0 Å². The number of benzene rings is 1. The summed E-state index contributed by atoms with van der Waals surface area (Å²) in [5.74, 6) is -0.696. The molecule has 1 rings (SSSR count). The van der Waals surface area contributed by atoms with Crippen molar-refractivity contribution in [2.45, 2.75) is 29.9 Å². The fourth-order valence-electron chi connectivity index (χ4n) is 1.62. The van der Waals surface area contributed by atoms with Crippen molar-refractivity contribution in [3.8, 4) is 0 Å². The highest BCUT2D eigenvalue weighted by Crippen LogP contribution is 2.22. The molecule has 0 aliphatic heterocycles. The molecule has 0 heterocycles. The summed E-state index contributed by atoms with van der Waals surface area (Å²) in [7, 11) is -3.60. The summed E-state index contributed by atoms with van der Waals surface area (Å²) < 4.78 is 37.6. The molecule has 3 nitrogen and oxygen atoms in total. The molecule has 0 saturated carbocycles. The number of hydrogen-bond donors (Lipinski definition) is 1. The molecule has 0 aliphatic carbocycles. The lowest BCUT2D eigenvalue weighted by molar-refractivity contribution is 0.547. The van der Waals surface area contributed by atoms with Gasteiger partial charge >= 0.3 is 0 Å². The van der Waals surface area contributed by atoms with E-state index in [9.17, 15) is 12.8 Å². The SMILES string of the molecule is CCC(CCN)S(=O)(=O)c1ccccc1F. The van der Waals surface area contributed by atoms with Gasteiger partial charge in [-0.1, -0.05) is 19.1 Å². The third-order valence-corrected chi connectivity index (χ3v) is 4.92. The molecule has 0 spiro atoms. The molecule has 90 valence electrons. The lowest BCUT2D eigenvalue weighted by atomic mass is 10.2. The number of rotatable bonds is 5. The van der Waals surface area contributed by atoms with E-state index < -0.39 is 20.9 Å². The Morgan fingerprint density at radius 1 is 1.38 bits per heavy atom. The normalized spacial score (nSPS) is 13.7. The molecule has 0 fully saturated rings. The van der Waals surface area contributed by atoms with E-state index in [2.05, 4.69) is 0 Å².